The molecular weight excluding hydrogens is 558 g/mol. The molecule has 0 bridgehead atoms. The maximum absolute atomic E-state index is 13.1. The Labute approximate surface area is 242 Å². The fraction of sp³-hybridized carbons (Fsp3) is 0.394. The molecular formula is C33H36F6O3. The molecule has 0 amide bonds. The minimum atomic E-state index is -5.92. The Hall–Kier alpha value is -3.14. The van der Waals surface area contributed by atoms with Crippen molar-refractivity contribution in [1.82, 2.24) is 0 Å². The maximum Gasteiger partial charge on any atom is 0.430 e. The van der Waals surface area contributed by atoms with Gasteiger partial charge >= 0.3 is 12.4 Å². The topological polar surface area (TPSA) is 38.7 Å². The summed E-state index contributed by atoms with van der Waals surface area (Å²) in [6, 6.07) is 19.5. The summed E-state index contributed by atoms with van der Waals surface area (Å²) < 4.78 is 78.7. The Morgan fingerprint density at radius 1 is 0.786 bits per heavy atom. The fourth-order valence-electron chi connectivity index (χ4n) is 5.38. The van der Waals surface area contributed by atoms with Gasteiger partial charge in [0.25, 0.3) is 5.60 Å². The number of rotatable bonds is 11. The van der Waals surface area contributed by atoms with Crippen molar-refractivity contribution in [3.63, 3.8) is 0 Å². The predicted molar refractivity (Wildman–Crippen MR) is 152 cm³/mol. The van der Waals surface area contributed by atoms with E-state index in [1.54, 1.807) is 19.1 Å². The molecule has 0 aliphatic rings. The van der Waals surface area contributed by atoms with Gasteiger partial charge in [0, 0.05) is 5.41 Å². The number of aliphatic hydroxyl groups is 1. The molecule has 0 aromatic heterocycles. The highest BCUT2D eigenvalue weighted by atomic mass is 19.4. The molecule has 0 heterocycles. The highest BCUT2D eigenvalue weighted by Gasteiger charge is 2.68. The Balaban J connectivity index is 1.98. The van der Waals surface area contributed by atoms with Gasteiger partial charge in [-0.05, 0) is 83.7 Å². The summed E-state index contributed by atoms with van der Waals surface area (Å²) >= 11 is 0. The molecule has 9 heteroatoms. The summed E-state index contributed by atoms with van der Waals surface area (Å²) in [7, 11) is 1.47. The molecule has 3 aromatic rings. The standard InChI is InChI=1S/C33H36F6O3/c1-6-30(7-2,27-12-11-25(22(3)19-27)15-17-31(40,32(34,35)36)33(37,38)39)28-13-14-29(23(4)20-28)26-10-8-9-24(21-26)16-18-42-41-5/h8-15,17,19-21,40H,6-7,16,18H2,1-5H3/b17-15+. The van der Waals surface area contributed by atoms with Gasteiger partial charge < -0.3 is 5.11 Å². The van der Waals surface area contributed by atoms with Crippen LogP contribution in [0.1, 0.15) is 60.1 Å². The summed E-state index contributed by atoms with van der Waals surface area (Å²) in [5.74, 6) is 0. The summed E-state index contributed by atoms with van der Waals surface area (Å²) in [6.07, 6.45) is -9.26. The SMILES string of the molecule is CCC(CC)(c1ccc(/C=C/C(O)(C(F)(F)F)C(F)(F)F)c(C)c1)c1ccc(-c2cccc(CCOOC)c2)c(C)c1. The zero-order chi connectivity index (χ0) is 31.3. The van der Waals surface area contributed by atoms with Gasteiger partial charge in [0.1, 0.15) is 0 Å². The molecule has 0 unspecified atom stereocenters. The van der Waals surface area contributed by atoms with Crippen molar-refractivity contribution < 1.29 is 41.2 Å². The molecule has 0 fully saturated rings. The summed E-state index contributed by atoms with van der Waals surface area (Å²) in [4.78, 5) is 9.66. The lowest BCUT2D eigenvalue weighted by Gasteiger charge is -2.34. The van der Waals surface area contributed by atoms with Crippen LogP contribution in [0.15, 0.2) is 66.7 Å². The van der Waals surface area contributed by atoms with E-state index in [0.717, 1.165) is 33.4 Å². The monoisotopic (exact) mass is 594 g/mol. The fourth-order valence-corrected chi connectivity index (χ4v) is 5.38. The van der Waals surface area contributed by atoms with Gasteiger partial charge in [-0.15, -0.1) is 0 Å². The van der Waals surface area contributed by atoms with Gasteiger partial charge in [-0.3, -0.25) is 0 Å². The van der Waals surface area contributed by atoms with E-state index >= 15 is 0 Å². The van der Waals surface area contributed by atoms with Crippen molar-refractivity contribution in [1.29, 1.82) is 0 Å². The zero-order valence-corrected chi connectivity index (χ0v) is 24.3. The van der Waals surface area contributed by atoms with E-state index in [1.165, 1.54) is 13.2 Å². The van der Waals surface area contributed by atoms with Crippen molar-refractivity contribution in [2.24, 2.45) is 0 Å². The minimum Gasteiger partial charge on any atom is -0.370 e. The van der Waals surface area contributed by atoms with Crippen LogP contribution >= 0.6 is 0 Å². The van der Waals surface area contributed by atoms with Gasteiger partial charge in [0.2, 0.25) is 0 Å². The lowest BCUT2D eigenvalue weighted by atomic mass is 9.69. The first-order valence-corrected chi connectivity index (χ1v) is 13.7. The molecule has 0 aliphatic heterocycles. The highest BCUT2D eigenvalue weighted by molar-refractivity contribution is 5.69. The predicted octanol–water partition coefficient (Wildman–Crippen LogP) is 9.07. The molecule has 3 nitrogen and oxygen atoms in total. The van der Waals surface area contributed by atoms with E-state index in [1.807, 2.05) is 39.0 Å². The van der Waals surface area contributed by atoms with Crippen LogP contribution in [-0.2, 0) is 21.6 Å². The molecule has 0 radical (unpaired) electrons. The van der Waals surface area contributed by atoms with Crippen LogP contribution < -0.4 is 0 Å². The summed E-state index contributed by atoms with van der Waals surface area (Å²) in [6.45, 7) is 8.20. The average Bonchev–Trinajstić information content (AvgIpc) is 2.92. The first kappa shape index (κ1) is 33.4. The first-order valence-electron chi connectivity index (χ1n) is 13.7. The van der Waals surface area contributed by atoms with E-state index in [-0.39, 0.29) is 11.6 Å². The molecule has 1 N–H and O–H groups in total. The van der Waals surface area contributed by atoms with E-state index in [4.69, 9.17) is 4.89 Å². The Bertz CT molecular complexity index is 1370. The van der Waals surface area contributed by atoms with Crippen LogP contribution in [0.4, 0.5) is 26.3 Å². The third kappa shape index (κ3) is 6.74. The number of hydrogen-bond acceptors (Lipinski definition) is 3. The Morgan fingerprint density at radius 2 is 1.38 bits per heavy atom. The van der Waals surface area contributed by atoms with E-state index in [2.05, 4.69) is 29.2 Å². The van der Waals surface area contributed by atoms with Gasteiger partial charge in [-0.25, -0.2) is 9.78 Å². The molecule has 3 rings (SSSR count). The molecule has 0 saturated carbocycles. The van der Waals surface area contributed by atoms with Crippen molar-refractivity contribution in [2.45, 2.75) is 70.3 Å². The smallest absolute Gasteiger partial charge is 0.370 e. The molecule has 228 valence electrons. The Kier molecular flexibility index (Phi) is 10.3. The second kappa shape index (κ2) is 13.0. The van der Waals surface area contributed by atoms with E-state index < -0.39 is 23.4 Å². The first-order chi connectivity index (χ1) is 19.6. The highest BCUT2D eigenvalue weighted by Crippen LogP contribution is 2.45. The number of halogens is 6. The summed E-state index contributed by atoms with van der Waals surface area (Å²) in [5.41, 5.74) is 1.54. The molecule has 0 atom stereocenters. The second-order valence-corrected chi connectivity index (χ2v) is 10.4. The number of alkyl halides is 6. The van der Waals surface area contributed by atoms with Crippen LogP contribution in [0.5, 0.6) is 0 Å². The van der Waals surface area contributed by atoms with Gasteiger partial charge in [0.15, 0.2) is 0 Å². The van der Waals surface area contributed by atoms with Crippen LogP contribution in [0.2, 0.25) is 0 Å². The zero-order valence-electron chi connectivity index (χ0n) is 24.3. The molecule has 3 aromatic carbocycles. The second-order valence-electron chi connectivity index (χ2n) is 10.4. The number of benzene rings is 3. The van der Waals surface area contributed by atoms with Gasteiger partial charge in [-0.2, -0.15) is 26.3 Å². The number of hydrogen-bond donors (Lipinski definition) is 1. The molecule has 0 spiro atoms. The number of aryl methyl sites for hydroxylation is 2. The Morgan fingerprint density at radius 3 is 1.90 bits per heavy atom. The van der Waals surface area contributed by atoms with E-state index in [0.29, 0.717) is 37.5 Å². The molecule has 42 heavy (non-hydrogen) atoms. The van der Waals surface area contributed by atoms with Crippen molar-refractivity contribution in [3.8, 4) is 11.1 Å². The van der Waals surface area contributed by atoms with Crippen LogP contribution in [-0.4, -0.2) is 36.8 Å². The van der Waals surface area contributed by atoms with Gasteiger partial charge in [-0.1, -0.05) is 80.6 Å². The molecule has 0 aliphatic carbocycles. The third-order valence-corrected chi connectivity index (χ3v) is 8.01. The normalized spacial score (nSPS) is 13.2. The van der Waals surface area contributed by atoms with Crippen LogP contribution in [0.3, 0.4) is 0 Å². The maximum atomic E-state index is 13.1. The van der Waals surface area contributed by atoms with Crippen molar-refractivity contribution in [3.05, 3.63) is 100 Å². The quantitative estimate of drug-likeness (QED) is 0.104. The molecule has 0 saturated heterocycles. The lowest BCUT2D eigenvalue weighted by Crippen LogP contribution is -2.55. The van der Waals surface area contributed by atoms with Gasteiger partial charge in [0.05, 0.1) is 13.7 Å². The lowest BCUT2D eigenvalue weighted by molar-refractivity contribution is -0.347. The third-order valence-electron chi connectivity index (χ3n) is 8.01. The van der Waals surface area contributed by atoms with Crippen LogP contribution in [0.25, 0.3) is 17.2 Å². The van der Waals surface area contributed by atoms with E-state index in [9.17, 15) is 31.4 Å². The summed E-state index contributed by atoms with van der Waals surface area (Å²) in [5, 5.41) is 9.49. The van der Waals surface area contributed by atoms with Crippen molar-refractivity contribution in [2.75, 3.05) is 13.7 Å². The average molecular weight is 595 g/mol. The largest absolute Gasteiger partial charge is 0.430 e. The van der Waals surface area contributed by atoms with Crippen LogP contribution in [0, 0.1) is 13.8 Å². The van der Waals surface area contributed by atoms with Crippen molar-refractivity contribution >= 4 is 6.08 Å². The minimum absolute atomic E-state index is 0.147.